The highest BCUT2D eigenvalue weighted by Crippen LogP contribution is 2.19. The van der Waals surface area contributed by atoms with Gasteiger partial charge in [0.25, 0.3) is 0 Å². The second-order valence-corrected chi connectivity index (χ2v) is 5.66. The number of carbonyl (C=O) groups is 2. The molecule has 0 unspecified atom stereocenters. The molecule has 0 aromatic heterocycles. The standard InChI is InChI=1S/C15H10BrClFN3O2/c16-10-3-1-2-9(6-10)8-19-21-15(23)14(22)20-11-4-5-13(18)12(17)7-11/h1-8H,(H,20,22)(H,21,23). The van der Waals surface area contributed by atoms with E-state index in [1.165, 1.54) is 18.3 Å². The summed E-state index contributed by atoms with van der Waals surface area (Å²) < 4.78 is 13.9. The monoisotopic (exact) mass is 397 g/mol. The van der Waals surface area contributed by atoms with Crippen molar-refractivity contribution in [3.05, 3.63) is 63.3 Å². The van der Waals surface area contributed by atoms with Crippen LogP contribution in [0.2, 0.25) is 5.02 Å². The molecular weight excluding hydrogens is 389 g/mol. The van der Waals surface area contributed by atoms with Crippen LogP contribution in [0.15, 0.2) is 52.0 Å². The van der Waals surface area contributed by atoms with E-state index in [1.807, 2.05) is 6.07 Å². The molecule has 8 heteroatoms. The van der Waals surface area contributed by atoms with Crippen molar-refractivity contribution < 1.29 is 14.0 Å². The summed E-state index contributed by atoms with van der Waals surface area (Å²) in [5.41, 5.74) is 3.04. The second-order valence-electron chi connectivity index (χ2n) is 4.34. The summed E-state index contributed by atoms with van der Waals surface area (Å²) in [5.74, 6) is -2.52. The Morgan fingerprint density at radius 3 is 2.65 bits per heavy atom. The molecule has 0 aliphatic heterocycles. The number of nitrogens with one attached hydrogen (secondary N) is 2. The predicted octanol–water partition coefficient (Wildman–Crippen LogP) is 3.33. The number of hydrogen-bond donors (Lipinski definition) is 2. The lowest BCUT2D eigenvalue weighted by atomic mass is 10.2. The smallest absolute Gasteiger partial charge is 0.318 e. The number of rotatable bonds is 3. The van der Waals surface area contributed by atoms with E-state index in [0.29, 0.717) is 0 Å². The molecule has 0 saturated carbocycles. The van der Waals surface area contributed by atoms with Gasteiger partial charge in [-0.25, -0.2) is 9.82 Å². The molecule has 0 aliphatic rings. The lowest BCUT2D eigenvalue weighted by Gasteiger charge is -2.04. The average Bonchev–Trinajstić information content (AvgIpc) is 2.51. The largest absolute Gasteiger partial charge is 0.329 e. The fraction of sp³-hybridized carbons (Fsp3) is 0. The van der Waals surface area contributed by atoms with E-state index in [2.05, 4.69) is 31.8 Å². The molecule has 2 N–H and O–H groups in total. The van der Waals surface area contributed by atoms with Crippen molar-refractivity contribution in [2.24, 2.45) is 5.10 Å². The van der Waals surface area contributed by atoms with Crippen LogP contribution in [0.1, 0.15) is 5.56 Å². The number of anilines is 1. The molecule has 0 saturated heterocycles. The molecule has 0 spiro atoms. The Morgan fingerprint density at radius 2 is 1.96 bits per heavy atom. The first-order valence-electron chi connectivity index (χ1n) is 6.31. The molecule has 118 valence electrons. The molecular formula is C15H10BrClFN3O2. The van der Waals surface area contributed by atoms with Crippen LogP contribution in [0.4, 0.5) is 10.1 Å². The van der Waals surface area contributed by atoms with Gasteiger partial charge in [-0.05, 0) is 35.9 Å². The molecule has 0 heterocycles. The maximum absolute atomic E-state index is 13.0. The first-order chi connectivity index (χ1) is 11.0. The summed E-state index contributed by atoms with van der Waals surface area (Å²) >= 11 is 8.89. The van der Waals surface area contributed by atoms with Gasteiger partial charge in [-0.2, -0.15) is 5.10 Å². The Kier molecular flexibility index (Phi) is 5.84. The average molecular weight is 399 g/mol. The Balaban J connectivity index is 1.92. The van der Waals surface area contributed by atoms with Crippen molar-refractivity contribution in [3.8, 4) is 0 Å². The number of halogens is 3. The molecule has 0 fully saturated rings. The van der Waals surface area contributed by atoms with Gasteiger partial charge in [0.15, 0.2) is 0 Å². The lowest BCUT2D eigenvalue weighted by molar-refractivity contribution is -0.136. The van der Waals surface area contributed by atoms with Gasteiger partial charge in [0.05, 0.1) is 11.2 Å². The van der Waals surface area contributed by atoms with Crippen LogP contribution >= 0.6 is 27.5 Å². The minimum atomic E-state index is -0.961. The highest BCUT2D eigenvalue weighted by molar-refractivity contribution is 9.10. The summed E-state index contributed by atoms with van der Waals surface area (Å²) in [7, 11) is 0. The first kappa shape index (κ1) is 17.1. The molecule has 2 aromatic carbocycles. The molecule has 2 aromatic rings. The predicted molar refractivity (Wildman–Crippen MR) is 89.9 cm³/mol. The van der Waals surface area contributed by atoms with Crippen molar-refractivity contribution in [2.45, 2.75) is 0 Å². The van der Waals surface area contributed by atoms with E-state index in [-0.39, 0.29) is 10.7 Å². The topological polar surface area (TPSA) is 70.6 Å². The van der Waals surface area contributed by atoms with Gasteiger partial charge in [-0.15, -0.1) is 0 Å². The van der Waals surface area contributed by atoms with Crippen molar-refractivity contribution in [3.63, 3.8) is 0 Å². The van der Waals surface area contributed by atoms with Crippen molar-refractivity contribution >= 4 is 51.2 Å². The fourth-order valence-corrected chi connectivity index (χ4v) is 2.16. The quantitative estimate of drug-likeness (QED) is 0.473. The summed E-state index contributed by atoms with van der Waals surface area (Å²) in [6.45, 7) is 0. The van der Waals surface area contributed by atoms with Gasteiger partial charge < -0.3 is 5.32 Å². The van der Waals surface area contributed by atoms with Crippen LogP contribution < -0.4 is 10.7 Å². The summed E-state index contributed by atoms with van der Waals surface area (Å²) in [4.78, 5) is 23.3. The van der Waals surface area contributed by atoms with E-state index in [0.717, 1.165) is 16.1 Å². The molecule has 2 amide bonds. The molecule has 0 radical (unpaired) electrons. The third-order valence-corrected chi connectivity index (χ3v) is 3.39. The van der Waals surface area contributed by atoms with Gasteiger partial charge >= 0.3 is 11.8 Å². The Morgan fingerprint density at radius 1 is 1.17 bits per heavy atom. The van der Waals surface area contributed by atoms with E-state index >= 15 is 0 Å². The molecule has 0 bridgehead atoms. The van der Waals surface area contributed by atoms with E-state index in [4.69, 9.17) is 11.6 Å². The minimum absolute atomic E-state index is 0.157. The SMILES string of the molecule is O=C(NN=Cc1cccc(Br)c1)C(=O)Nc1ccc(F)c(Cl)c1. The van der Waals surface area contributed by atoms with E-state index in [1.54, 1.807) is 18.2 Å². The molecule has 23 heavy (non-hydrogen) atoms. The van der Waals surface area contributed by atoms with Crippen LogP contribution in [0.25, 0.3) is 0 Å². The Hall–Kier alpha value is -2.25. The van der Waals surface area contributed by atoms with E-state index < -0.39 is 17.6 Å². The van der Waals surface area contributed by atoms with Crippen molar-refractivity contribution in [1.82, 2.24) is 5.43 Å². The van der Waals surface area contributed by atoms with Crippen molar-refractivity contribution in [1.29, 1.82) is 0 Å². The van der Waals surface area contributed by atoms with Crippen LogP contribution in [0.3, 0.4) is 0 Å². The zero-order valence-corrected chi connectivity index (χ0v) is 13.9. The zero-order chi connectivity index (χ0) is 16.8. The number of hydrogen-bond acceptors (Lipinski definition) is 3. The fourth-order valence-electron chi connectivity index (χ4n) is 1.56. The number of amides is 2. The van der Waals surface area contributed by atoms with Crippen LogP contribution in [-0.2, 0) is 9.59 Å². The molecule has 5 nitrogen and oxygen atoms in total. The van der Waals surface area contributed by atoms with Gasteiger partial charge in [0.1, 0.15) is 5.82 Å². The summed E-state index contributed by atoms with van der Waals surface area (Å²) in [5, 5.41) is 5.81. The summed E-state index contributed by atoms with van der Waals surface area (Å²) in [6, 6.07) is 10.8. The van der Waals surface area contributed by atoms with Gasteiger partial charge in [0, 0.05) is 10.2 Å². The van der Waals surface area contributed by atoms with Crippen LogP contribution in [0.5, 0.6) is 0 Å². The van der Waals surface area contributed by atoms with Gasteiger partial charge in [-0.1, -0.05) is 39.7 Å². The third-order valence-electron chi connectivity index (χ3n) is 2.61. The summed E-state index contributed by atoms with van der Waals surface area (Å²) in [6.07, 6.45) is 1.39. The molecule has 2 rings (SSSR count). The van der Waals surface area contributed by atoms with Gasteiger partial charge in [-0.3, -0.25) is 9.59 Å². The van der Waals surface area contributed by atoms with Crippen LogP contribution in [0, 0.1) is 5.82 Å². The van der Waals surface area contributed by atoms with Crippen molar-refractivity contribution in [2.75, 3.05) is 5.32 Å². The highest BCUT2D eigenvalue weighted by Gasteiger charge is 2.13. The maximum atomic E-state index is 13.0. The van der Waals surface area contributed by atoms with E-state index in [9.17, 15) is 14.0 Å². The minimum Gasteiger partial charge on any atom is -0.318 e. The van der Waals surface area contributed by atoms with Crippen LogP contribution in [-0.4, -0.2) is 18.0 Å². The highest BCUT2D eigenvalue weighted by atomic mass is 79.9. The number of carbonyl (C=O) groups excluding carboxylic acids is 2. The number of benzene rings is 2. The Bertz CT molecular complexity index is 783. The number of hydrazone groups is 1. The zero-order valence-electron chi connectivity index (χ0n) is 11.5. The number of nitrogens with zero attached hydrogens (tertiary/aromatic N) is 1. The molecule has 0 aliphatic carbocycles. The molecule has 0 atom stereocenters. The van der Waals surface area contributed by atoms with Gasteiger partial charge in [0.2, 0.25) is 0 Å². The normalized spacial score (nSPS) is 10.6. The third kappa shape index (κ3) is 5.15. The second kappa shape index (κ2) is 7.85. The maximum Gasteiger partial charge on any atom is 0.329 e. The lowest BCUT2D eigenvalue weighted by Crippen LogP contribution is -2.32. The Labute approximate surface area is 144 Å². The first-order valence-corrected chi connectivity index (χ1v) is 7.48.